The van der Waals surface area contributed by atoms with Crippen LogP contribution < -0.4 is 10.2 Å². The first-order chi connectivity index (χ1) is 10.1. The number of thiophene rings is 1. The van der Waals surface area contributed by atoms with Crippen LogP contribution in [0.25, 0.3) is 0 Å². The van der Waals surface area contributed by atoms with E-state index in [1.807, 2.05) is 43.3 Å². The van der Waals surface area contributed by atoms with Gasteiger partial charge in [0.1, 0.15) is 0 Å². The molecule has 0 bridgehead atoms. The van der Waals surface area contributed by atoms with Crippen molar-refractivity contribution in [1.29, 1.82) is 0 Å². The number of rotatable bonds is 3. The van der Waals surface area contributed by atoms with Gasteiger partial charge in [-0.25, -0.2) is 0 Å². The summed E-state index contributed by atoms with van der Waals surface area (Å²) in [6, 6.07) is 11.2. The molecule has 21 heavy (non-hydrogen) atoms. The number of benzene rings is 1. The molecule has 108 valence electrons. The maximum atomic E-state index is 12.3. The number of hydrogen-bond donors (Lipinski definition) is 1. The summed E-state index contributed by atoms with van der Waals surface area (Å²) in [7, 11) is 0. The number of nitrogens with one attached hydrogen (secondary N) is 1. The number of aryl methyl sites for hydroxylation is 1. The van der Waals surface area contributed by atoms with Crippen LogP contribution in [0.2, 0.25) is 0 Å². The first kappa shape index (κ1) is 13.8. The Labute approximate surface area is 127 Å². The van der Waals surface area contributed by atoms with Crippen molar-refractivity contribution < 1.29 is 9.59 Å². The zero-order valence-corrected chi connectivity index (χ0v) is 12.6. The third-order valence-corrected chi connectivity index (χ3v) is 4.48. The largest absolute Gasteiger partial charge is 0.319 e. The van der Waals surface area contributed by atoms with Crippen molar-refractivity contribution in [2.45, 2.75) is 19.8 Å². The highest BCUT2D eigenvalue weighted by Gasteiger charge is 2.24. The fraction of sp³-hybridized carbons (Fsp3) is 0.250. The van der Waals surface area contributed by atoms with Crippen LogP contribution in [0.3, 0.4) is 0 Å². The van der Waals surface area contributed by atoms with Gasteiger partial charge in [0, 0.05) is 17.8 Å². The van der Waals surface area contributed by atoms with Crippen LogP contribution >= 0.6 is 11.3 Å². The first-order valence-electron chi connectivity index (χ1n) is 6.92. The molecule has 1 aliphatic rings. The predicted molar refractivity (Wildman–Crippen MR) is 85.0 cm³/mol. The van der Waals surface area contributed by atoms with Gasteiger partial charge in [0.05, 0.1) is 16.3 Å². The van der Waals surface area contributed by atoms with E-state index in [0.717, 1.165) is 17.0 Å². The summed E-state index contributed by atoms with van der Waals surface area (Å²) in [6.45, 7) is 2.68. The van der Waals surface area contributed by atoms with Gasteiger partial charge in [0.2, 0.25) is 5.91 Å². The number of hydrogen-bond acceptors (Lipinski definition) is 3. The molecule has 1 fully saturated rings. The van der Waals surface area contributed by atoms with Crippen molar-refractivity contribution in [3.05, 3.63) is 46.2 Å². The maximum absolute atomic E-state index is 12.3. The zero-order chi connectivity index (χ0) is 14.8. The molecule has 0 unspecified atom stereocenters. The molecule has 1 aromatic heterocycles. The number of anilines is 2. The Balaban J connectivity index is 1.85. The lowest BCUT2D eigenvalue weighted by molar-refractivity contribution is -0.117. The second-order valence-electron chi connectivity index (χ2n) is 5.03. The fourth-order valence-electron chi connectivity index (χ4n) is 2.46. The van der Waals surface area contributed by atoms with Gasteiger partial charge in [0.25, 0.3) is 5.91 Å². The summed E-state index contributed by atoms with van der Waals surface area (Å²) < 4.78 is 0. The van der Waals surface area contributed by atoms with E-state index < -0.39 is 0 Å². The first-order valence-corrected chi connectivity index (χ1v) is 7.74. The Morgan fingerprint density at radius 3 is 2.71 bits per heavy atom. The molecule has 4 nitrogen and oxygen atoms in total. The average Bonchev–Trinajstić information content (AvgIpc) is 3.08. The summed E-state index contributed by atoms with van der Waals surface area (Å²) in [5.74, 6) is -0.0177. The van der Waals surface area contributed by atoms with E-state index in [2.05, 4.69) is 5.32 Å². The molecule has 1 aromatic carbocycles. The summed E-state index contributed by atoms with van der Waals surface area (Å²) in [5, 5.41) is 2.92. The topological polar surface area (TPSA) is 49.4 Å². The van der Waals surface area contributed by atoms with E-state index in [1.165, 1.54) is 11.3 Å². The molecule has 0 radical (unpaired) electrons. The van der Waals surface area contributed by atoms with E-state index in [9.17, 15) is 9.59 Å². The smallest absolute Gasteiger partial charge is 0.265 e. The number of carbonyl (C=O) groups excluding carboxylic acids is 2. The van der Waals surface area contributed by atoms with Crippen LogP contribution in [0, 0.1) is 6.92 Å². The van der Waals surface area contributed by atoms with Gasteiger partial charge in [-0.3, -0.25) is 9.59 Å². The van der Waals surface area contributed by atoms with E-state index in [0.29, 0.717) is 23.5 Å². The lowest BCUT2D eigenvalue weighted by Gasteiger charge is -2.19. The standard InChI is InChI=1S/C16H16N2O2S/c1-11-8-9-14(21-11)16(20)17-12-5-2-3-6-13(12)18-10-4-7-15(18)19/h2-3,5-6,8-9H,4,7,10H2,1H3,(H,17,20). The van der Waals surface area contributed by atoms with Gasteiger partial charge in [0.15, 0.2) is 0 Å². The van der Waals surface area contributed by atoms with E-state index in [1.54, 1.807) is 4.90 Å². The molecule has 0 spiro atoms. The Morgan fingerprint density at radius 2 is 2.05 bits per heavy atom. The monoisotopic (exact) mass is 300 g/mol. The molecule has 2 amide bonds. The van der Waals surface area contributed by atoms with Gasteiger partial charge in [-0.1, -0.05) is 12.1 Å². The van der Waals surface area contributed by atoms with Crippen molar-refractivity contribution in [3.63, 3.8) is 0 Å². The minimum Gasteiger partial charge on any atom is -0.319 e. The van der Waals surface area contributed by atoms with Gasteiger partial charge < -0.3 is 10.2 Å². The second kappa shape index (κ2) is 5.69. The average molecular weight is 300 g/mol. The molecule has 0 atom stereocenters. The number of para-hydroxylation sites is 2. The molecule has 3 rings (SSSR count). The molecule has 0 saturated carbocycles. The SMILES string of the molecule is Cc1ccc(C(=O)Nc2ccccc2N2CCCC2=O)s1. The van der Waals surface area contributed by atoms with Crippen LogP contribution in [-0.4, -0.2) is 18.4 Å². The summed E-state index contributed by atoms with van der Waals surface area (Å²) in [4.78, 5) is 27.7. The summed E-state index contributed by atoms with van der Waals surface area (Å²) in [5.41, 5.74) is 1.46. The Kier molecular flexibility index (Phi) is 3.75. The predicted octanol–water partition coefficient (Wildman–Crippen LogP) is 3.44. The van der Waals surface area contributed by atoms with Crippen LogP contribution in [-0.2, 0) is 4.79 Å². The summed E-state index contributed by atoms with van der Waals surface area (Å²) in [6.07, 6.45) is 1.44. The lowest BCUT2D eigenvalue weighted by Crippen LogP contribution is -2.25. The highest BCUT2D eigenvalue weighted by atomic mass is 32.1. The van der Waals surface area contributed by atoms with E-state index in [-0.39, 0.29) is 11.8 Å². The number of carbonyl (C=O) groups is 2. The minimum absolute atomic E-state index is 0.115. The molecule has 1 aliphatic heterocycles. The van der Waals surface area contributed by atoms with Crippen LogP contribution in [0.1, 0.15) is 27.4 Å². The van der Waals surface area contributed by atoms with Crippen molar-refractivity contribution in [2.24, 2.45) is 0 Å². The van der Waals surface area contributed by atoms with E-state index >= 15 is 0 Å². The fourth-order valence-corrected chi connectivity index (χ4v) is 3.22. The van der Waals surface area contributed by atoms with Gasteiger partial charge >= 0.3 is 0 Å². The highest BCUT2D eigenvalue weighted by molar-refractivity contribution is 7.14. The minimum atomic E-state index is -0.132. The molecule has 1 saturated heterocycles. The van der Waals surface area contributed by atoms with Gasteiger partial charge in [-0.05, 0) is 37.6 Å². The molecular formula is C16H16N2O2S. The van der Waals surface area contributed by atoms with Crippen molar-refractivity contribution in [3.8, 4) is 0 Å². The normalized spacial score (nSPS) is 14.5. The zero-order valence-electron chi connectivity index (χ0n) is 11.8. The quantitative estimate of drug-likeness (QED) is 0.944. The molecule has 2 heterocycles. The highest BCUT2D eigenvalue weighted by Crippen LogP contribution is 2.30. The van der Waals surface area contributed by atoms with Crippen molar-refractivity contribution in [2.75, 3.05) is 16.8 Å². The molecule has 1 N–H and O–H groups in total. The van der Waals surface area contributed by atoms with Gasteiger partial charge in [-0.2, -0.15) is 0 Å². The number of amides is 2. The number of nitrogens with zero attached hydrogens (tertiary/aromatic N) is 1. The third kappa shape index (κ3) is 2.83. The van der Waals surface area contributed by atoms with Gasteiger partial charge in [-0.15, -0.1) is 11.3 Å². The molecule has 2 aromatic rings. The molecule has 0 aliphatic carbocycles. The van der Waals surface area contributed by atoms with E-state index in [4.69, 9.17) is 0 Å². The Morgan fingerprint density at radius 1 is 1.24 bits per heavy atom. The molecular weight excluding hydrogens is 284 g/mol. The Bertz CT molecular complexity index is 693. The van der Waals surface area contributed by atoms with Crippen molar-refractivity contribution >= 4 is 34.5 Å². The van der Waals surface area contributed by atoms with Crippen molar-refractivity contribution in [1.82, 2.24) is 0 Å². The summed E-state index contributed by atoms with van der Waals surface area (Å²) >= 11 is 1.46. The third-order valence-electron chi connectivity index (χ3n) is 3.48. The lowest BCUT2D eigenvalue weighted by atomic mass is 10.2. The van der Waals surface area contributed by atoms with Crippen LogP contribution in [0.4, 0.5) is 11.4 Å². The molecule has 5 heteroatoms. The van der Waals surface area contributed by atoms with Crippen LogP contribution in [0.15, 0.2) is 36.4 Å². The maximum Gasteiger partial charge on any atom is 0.265 e. The Hall–Kier alpha value is -2.14. The second-order valence-corrected chi connectivity index (χ2v) is 6.32. The van der Waals surface area contributed by atoms with Crippen LogP contribution in [0.5, 0.6) is 0 Å².